The van der Waals surface area contributed by atoms with Gasteiger partial charge < -0.3 is 15.1 Å². The predicted octanol–water partition coefficient (Wildman–Crippen LogP) is -0.293. The van der Waals surface area contributed by atoms with Crippen molar-refractivity contribution in [1.82, 2.24) is 25.3 Å². The number of carbonyl (C=O) groups excluding carboxylic acids is 3. The average molecular weight is 333 g/mol. The molecule has 2 heterocycles. The summed E-state index contributed by atoms with van der Waals surface area (Å²) in [4.78, 5) is 39.9. The van der Waals surface area contributed by atoms with E-state index in [0.29, 0.717) is 18.8 Å². The van der Waals surface area contributed by atoms with Crippen molar-refractivity contribution in [3.8, 4) is 0 Å². The molecule has 0 spiro atoms. The Kier molecular flexibility index (Phi) is 4.55. The van der Waals surface area contributed by atoms with E-state index in [-0.39, 0.29) is 24.3 Å². The third kappa shape index (κ3) is 2.88. The molecule has 1 saturated heterocycles. The molecular weight excluding hydrogens is 310 g/mol. The molecule has 1 aromatic heterocycles. The molecule has 3 rings (SSSR count). The zero-order valence-corrected chi connectivity index (χ0v) is 14.1. The first-order valence-electron chi connectivity index (χ1n) is 8.37. The second-order valence-corrected chi connectivity index (χ2v) is 6.33. The quantitative estimate of drug-likeness (QED) is 0.777. The molecule has 130 valence electrons. The second-order valence-electron chi connectivity index (χ2n) is 6.33. The number of hydrogen-bond donors (Lipinski definition) is 2. The zero-order valence-electron chi connectivity index (χ0n) is 14.1. The molecule has 0 saturated carbocycles. The Bertz CT molecular complexity index is 669. The highest BCUT2D eigenvalue weighted by Crippen LogP contribution is 2.24. The Hall–Kier alpha value is -2.38. The lowest BCUT2D eigenvalue weighted by Gasteiger charge is -2.39. The van der Waals surface area contributed by atoms with Gasteiger partial charge in [0.05, 0.1) is 6.54 Å². The van der Waals surface area contributed by atoms with Gasteiger partial charge in [-0.25, -0.2) is 0 Å². The van der Waals surface area contributed by atoms with Crippen molar-refractivity contribution in [3.05, 3.63) is 17.0 Å². The van der Waals surface area contributed by atoms with Crippen molar-refractivity contribution < 1.29 is 14.4 Å². The van der Waals surface area contributed by atoms with Crippen LogP contribution in [0, 0.1) is 0 Å². The maximum Gasteiger partial charge on any atom is 0.274 e. The normalized spacial score (nSPS) is 20.5. The number of aromatic nitrogens is 2. The van der Waals surface area contributed by atoms with Crippen LogP contribution in [-0.4, -0.2) is 70.4 Å². The molecule has 2 aliphatic rings. The lowest BCUT2D eigenvalue weighted by Crippen LogP contribution is -2.61. The van der Waals surface area contributed by atoms with Crippen LogP contribution >= 0.6 is 0 Å². The monoisotopic (exact) mass is 333 g/mol. The number of piperazine rings is 1. The summed E-state index contributed by atoms with van der Waals surface area (Å²) < 4.78 is 0. The van der Waals surface area contributed by atoms with Gasteiger partial charge in [0.1, 0.15) is 6.04 Å². The van der Waals surface area contributed by atoms with Gasteiger partial charge in [-0.1, -0.05) is 0 Å². The number of H-pyrrole nitrogens is 1. The highest BCUT2D eigenvalue weighted by Gasteiger charge is 2.36. The molecule has 24 heavy (non-hydrogen) atoms. The average Bonchev–Trinajstić information content (AvgIpc) is 3.03. The number of amides is 3. The molecule has 0 bridgehead atoms. The van der Waals surface area contributed by atoms with Crippen molar-refractivity contribution in [3.63, 3.8) is 0 Å². The van der Waals surface area contributed by atoms with E-state index in [1.165, 1.54) is 18.9 Å². The van der Waals surface area contributed by atoms with Gasteiger partial charge in [0.25, 0.3) is 5.91 Å². The number of aromatic amines is 1. The fourth-order valence-corrected chi connectivity index (χ4v) is 3.54. The smallest absolute Gasteiger partial charge is 0.274 e. The lowest BCUT2D eigenvalue weighted by molar-refractivity contribution is -0.141. The summed E-state index contributed by atoms with van der Waals surface area (Å²) in [6, 6.07) is -0.653. The van der Waals surface area contributed by atoms with Crippen molar-refractivity contribution in [2.45, 2.75) is 38.6 Å². The highest BCUT2D eigenvalue weighted by molar-refractivity contribution is 5.95. The number of fused-ring (bicyclic) bond motifs is 1. The molecule has 1 aliphatic heterocycles. The first-order chi connectivity index (χ1) is 11.5. The minimum absolute atomic E-state index is 0.159. The topological polar surface area (TPSA) is 98.4 Å². The van der Waals surface area contributed by atoms with Crippen LogP contribution in [0.1, 0.15) is 41.5 Å². The first-order valence-corrected chi connectivity index (χ1v) is 8.37. The Balaban J connectivity index is 1.80. The number of nitrogens with zero attached hydrogens (tertiary/aromatic N) is 3. The number of carbonyl (C=O) groups is 3. The van der Waals surface area contributed by atoms with E-state index in [2.05, 4.69) is 15.5 Å². The molecule has 8 heteroatoms. The predicted molar refractivity (Wildman–Crippen MR) is 86.4 cm³/mol. The van der Waals surface area contributed by atoms with Crippen LogP contribution in [0.25, 0.3) is 0 Å². The standard InChI is InChI=1S/C16H23N5O3/c1-10(22)21-8-7-20(9-13(21)15(23)17-2)16(24)14-11-5-3-4-6-12(11)18-19-14/h13H,3-9H2,1-2H3,(H,17,23)(H,18,19)/t13-/m0/s1. The fraction of sp³-hybridized carbons (Fsp3) is 0.625. The van der Waals surface area contributed by atoms with Crippen LogP contribution in [-0.2, 0) is 22.4 Å². The third-order valence-electron chi connectivity index (χ3n) is 4.88. The molecule has 0 aromatic carbocycles. The van der Waals surface area contributed by atoms with Crippen molar-refractivity contribution in [1.29, 1.82) is 0 Å². The molecule has 1 fully saturated rings. The summed E-state index contributed by atoms with van der Waals surface area (Å²) in [6.45, 7) is 2.40. The van der Waals surface area contributed by atoms with Crippen LogP contribution in [0.5, 0.6) is 0 Å². The summed E-state index contributed by atoms with van der Waals surface area (Å²) in [6.07, 6.45) is 3.96. The van der Waals surface area contributed by atoms with Crippen molar-refractivity contribution >= 4 is 17.7 Å². The lowest BCUT2D eigenvalue weighted by atomic mass is 9.95. The fourth-order valence-electron chi connectivity index (χ4n) is 3.54. The first kappa shape index (κ1) is 16.5. The molecule has 8 nitrogen and oxygen atoms in total. The molecule has 1 aliphatic carbocycles. The summed E-state index contributed by atoms with van der Waals surface area (Å²) in [5.41, 5.74) is 2.53. The molecule has 0 unspecified atom stereocenters. The number of nitrogens with one attached hydrogen (secondary N) is 2. The maximum absolute atomic E-state index is 12.9. The molecule has 2 N–H and O–H groups in total. The zero-order chi connectivity index (χ0) is 17.3. The van der Waals surface area contributed by atoms with Gasteiger partial charge in [0.2, 0.25) is 11.8 Å². The van der Waals surface area contributed by atoms with Crippen molar-refractivity contribution in [2.24, 2.45) is 0 Å². The van der Waals surface area contributed by atoms with E-state index < -0.39 is 6.04 Å². The van der Waals surface area contributed by atoms with Gasteiger partial charge in [-0.3, -0.25) is 19.5 Å². The largest absolute Gasteiger partial charge is 0.357 e. The van der Waals surface area contributed by atoms with E-state index in [1.807, 2.05) is 0 Å². The van der Waals surface area contributed by atoms with Crippen LogP contribution in [0.2, 0.25) is 0 Å². The number of aryl methyl sites for hydroxylation is 1. The Morgan fingerprint density at radius 2 is 1.96 bits per heavy atom. The van der Waals surface area contributed by atoms with Crippen LogP contribution in [0.3, 0.4) is 0 Å². The summed E-state index contributed by atoms with van der Waals surface area (Å²) in [5.74, 6) is -0.578. The number of hydrogen-bond acceptors (Lipinski definition) is 4. The van der Waals surface area contributed by atoms with Crippen LogP contribution in [0.15, 0.2) is 0 Å². The van der Waals surface area contributed by atoms with Gasteiger partial charge in [-0.15, -0.1) is 0 Å². The Morgan fingerprint density at radius 1 is 1.21 bits per heavy atom. The van der Waals surface area contributed by atoms with E-state index in [4.69, 9.17) is 0 Å². The molecule has 3 amide bonds. The summed E-state index contributed by atoms with van der Waals surface area (Å²) >= 11 is 0. The maximum atomic E-state index is 12.9. The van der Waals surface area contributed by atoms with E-state index in [9.17, 15) is 14.4 Å². The van der Waals surface area contributed by atoms with Gasteiger partial charge in [-0.05, 0) is 25.7 Å². The van der Waals surface area contributed by atoms with E-state index in [0.717, 1.165) is 36.9 Å². The Labute approximate surface area is 140 Å². The molecule has 1 aromatic rings. The number of likely N-dealkylation sites (N-methyl/N-ethyl adjacent to an activating group) is 1. The molecule has 0 radical (unpaired) electrons. The minimum atomic E-state index is -0.653. The Morgan fingerprint density at radius 3 is 2.67 bits per heavy atom. The highest BCUT2D eigenvalue weighted by atomic mass is 16.2. The SMILES string of the molecule is CNC(=O)[C@@H]1CN(C(=O)c2n[nH]c3c2CCCC3)CCN1C(C)=O. The minimum Gasteiger partial charge on any atom is -0.357 e. The number of rotatable bonds is 2. The third-order valence-corrected chi connectivity index (χ3v) is 4.88. The van der Waals surface area contributed by atoms with Crippen LogP contribution in [0.4, 0.5) is 0 Å². The van der Waals surface area contributed by atoms with Gasteiger partial charge >= 0.3 is 0 Å². The molecule has 1 atom stereocenters. The molecular formula is C16H23N5O3. The van der Waals surface area contributed by atoms with Crippen molar-refractivity contribution in [2.75, 3.05) is 26.7 Å². The van der Waals surface area contributed by atoms with Crippen LogP contribution < -0.4 is 5.32 Å². The second kappa shape index (κ2) is 6.62. The van der Waals surface area contributed by atoms with Gasteiger partial charge in [0.15, 0.2) is 5.69 Å². The van der Waals surface area contributed by atoms with Gasteiger partial charge in [-0.2, -0.15) is 5.10 Å². The van der Waals surface area contributed by atoms with Gasteiger partial charge in [0, 0.05) is 38.3 Å². The van der Waals surface area contributed by atoms with E-state index >= 15 is 0 Å². The van der Waals surface area contributed by atoms with E-state index in [1.54, 1.807) is 4.90 Å². The summed E-state index contributed by atoms with van der Waals surface area (Å²) in [7, 11) is 1.53. The summed E-state index contributed by atoms with van der Waals surface area (Å²) in [5, 5.41) is 9.77.